The summed E-state index contributed by atoms with van der Waals surface area (Å²) in [6, 6.07) is 5.43. The van der Waals surface area contributed by atoms with Gasteiger partial charge >= 0.3 is 0 Å². The fourth-order valence-corrected chi connectivity index (χ4v) is 2.75. The summed E-state index contributed by atoms with van der Waals surface area (Å²) in [5, 5.41) is 0.615. The Kier molecular flexibility index (Phi) is 6.02. The lowest BCUT2D eigenvalue weighted by atomic mass is 10.1. The van der Waals surface area contributed by atoms with E-state index < -0.39 is 0 Å². The fraction of sp³-hybridized carbons (Fsp3) is 0.529. The Balaban J connectivity index is 1.98. The van der Waals surface area contributed by atoms with E-state index in [1.807, 2.05) is 24.0 Å². The molecule has 0 spiro atoms. The van der Waals surface area contributed by atoms with E-state index in [4.69, 9.17) is 11.6 Å². The molecule has 2 amide bonds. The van der Waals surface area contributed by atoms with E-state index in [0.717, 1.165) is 18.5 Å². The minimum absolute atomic E-state index is 0.00712. The Morgan fingerprint density at radius 1 is 1.17 bits per heavy atom. The number of hydrogen-bond donors (Lipinski definition) is 0. The lowest BCUT2D eigenvalue weighted by Gasteiger charge is -2.23. The molecule has 1 aromatic rings. The van der Waals surface area contributed by atoms with Gasteiger partial charge in [-0.15, -0.1) is 0 Å². The van der Waals surface area contributed by atoms with E-state index in [0.29, 0.717) is 36.8 Å². The smallest absolute Gasteiger partial charge is 0.253 e. The molecule has 1 heterocycles. The van der Waals surface area contributed by atoms with Crippen molar-refractivity contribution in [3.8, 4) is 0 Å². The third kappa shape index (κ3) is 4.69. The minimum Gasteiger partial charge on any atom is -0.348 e. The summed E-state index contributed by atoms with van der Waals surface area (Å²) in [5.41, 5.74) is 1.59. The zero-order valence-electron chi connectivity index (χ0n) is 14.0. The summed E-state index contributed by atoms with van der Waals surface area (Å²) in [7, 11) is 3.52. The number of likely N-dealkylation sites (N-methyl/N-ethyl adjacent to an activating group) is 1. The fourth-order valence-electron chi connectivity index (χ4n) is 2.57. The summed E-state index contributed by atoms with van der Waals surface area (Å²) < 4.78 is 0. The largest absolute Gasteiger partial charge is 0.348 e. The van der Waals surface area contributed by atoms with Crippen LogP contribution in [-0.4, -0.2) is 73.3 Å². The molecule has 5 nitrogen and oxygen atoms in total. The number of rotatable bonds is 3. The molecule has 1 saturated heterocycles. The molecule has 0 aliphatic carbocycles. The van der Waals surface area contributed by atoms with Crippen LogP contribution in [0.2, 0.25) is 5.02 Å². The van der Waals surface area contributed by atoms with Crippen molar-refractivity contribution in [3.63, 3.8) is 0 Å². The van der Waals surface area contributed by atoms with Crippen LogP contribution in [0.15, 0.2) is 18.2 Å². The highest BCUT2D eigenvalue weighted by atomic mass is 35.5. The van der Waals surface area contributed by atoms with Gasteiger partial charge in [0.15, 0.2) is 0 Å². The number of hydrogen-bond acceptors (Lipinski definition) is 3. The average Bonchev–Trinajstić information content (AvgIpc) is 2.74. The van der Waals surface area contributed by atoms with Gasteiger partial charge in [-0.1, -0.05) is 17.7 Å². The molecular weight excluding hydrogens is 314 g/mol. The number of benzene rings is 1. The number of nitrogens with zero attached hydrogens (tertiary/aromatic N) is 3. The number of amides is 2. The first-order valence-corrected chi connectivity index (χ1v) is 8.24. The van der Waals surface area contributed by atoms with Crippen molar-refractivity contribution in [1.29, 1.82) is 0 Å². The topological polar surface area (TPSA) is 43.9 Å². The summed E-state index contributed by atoms with van der Waals surface area (Å²) in [5.74, 6) is 0.0998. The van der Waals surface area contributed by atoms with Crippen LogP contribution in [-0.2, 0) is 4.79 Å². The van der Waals surface area contributed by atoms with Crippen molar-refractivity contribution in [2.24, 2.45) is 0 Å². The van der Waals surface area contributed by atoms with Crippen LogP contribution in [0.25, 0.3) is 0 Å². The first-order chi connectivity index (χ1) is 10.9. The van der Waals surface area contributed by atoms with Crippen LogP contribution >= 0.6 is 11.6 Å². The molecule has 0 atom stereocenters. The normalized spacial score (nSPS) is 16.1. The van der Waals surface area contributed by atoms with Crippen LogP contribution in [0.1, 0.15) is 22.3 Å². The molecule has 0 N–H and O–H groups in total. The quantitative estimate of drug-likeness (QED) is 0.846. The van der Waals surface area contributed by atoms with E-state index >= 15 is 0 Å². The highest BCUT2D eigenvalue weighted by molar-refractivity contribution is 6.31. The molecule has 23 heavy (non-hydrogen) atoms. The van der Waals surface area contributed by atoms with E-state index in [9.17, 15) is 9.59 Å². The summed E-state index contributed by atoms with van der Waals surface area (Å²) in [4.78, 5) is 30.0. The maximum Gasteiger partial charge on any atom is 0.253 e. The standard InChI is InChI=1S/C17H24ClN3O2/c1-13-5-6-14(11-15(13)18)17(23)21-8-4-7-20(9-10-21)12-16(22)19(2)3/h5-6,11H,4,7-10,12H2,1-3H3. The number of carbonyl (C=O) groups is 2. The molecule has 126 valence electrons. The molecule has 0 bridgehead atoms. The van der Waals surface area contributed by atoms with Crippen LogP contribution in [0.5, 0.6) is 0 Å². The monoisotopic (exact) mass is 337 g/mol. The summed E-state index contributed by atoms with van der Waals surface area (Å²) >= 11 is 6.12. The number of aryl methyl sites for hydroxylation is 1. The third-order valence-corrected chi connectivity index (χ3v) is 4.56. The summed E-state index contributed by atoms with van der Waals surface area (Å²) in [6.07, 6.45) is 0.867. The highest BCUT2D eigenvalue weighted by Crippen LogP contribution is 2.18. The Morgan fingerprint density at radius 3 is 2.57 bits per heavy atom. The number of halogens is 1. The summed E-state index contributed by atoms with van der Waals surface area (Å²) in [6.45, 7) is 5.21. The molecule has 2 rings (SSSR count). The minimum atomic E-state index is 0.00712. The predicted molar refractivity (Wildman–Crippen MR) is 91.8 cm³/mol. The SMILES string of the molecule is Cc1ccc(C(=O)N2CCCN(CC(=O)N(C)C)CC2)cc1Cl. The van der Waals surface area contributed by atoms with E-state index in [1.54, 1.807) is 25.1 Å². The first kappa shape index (κ1) is 17.8. The third-order valence-electron chi connectivity index (χ3n) is 4.15. The van der Waals surface area contributed by atoms with Crippen LogP contribution in [0, 0.1) is 6.92 Å². The van der Waals surface area contributed by atoms with Gasteiger partial charge in [0.2, 0.25) is 5.91 Å². The average molecular weight is 338 g/mol. The van der Waals surface area contributed by atoms with Crippen molar-refractivity contribution in [3.05, 3.63) is 34.3 Å². The lowest BCUT2D eigenvalue weighted by molar-refractivity contribution is -0.129. The molecule has 0 saturated carbocycles. The second kappa shape index (κ2) is 7.79. The van der Waals surface area contributed by atoms with E-state index in [2.05, 4.69) is 4.90 Å². The van der Waals surface area contributed by atoms with Crippen molar-refractivity contribution in [2.45, 2.75) is 13.3 Å². The zero-order valence-corrected chi connectivity index (χ0v) is 14.8. The first-order valence-electron chi connectivity index (χ1n) is 7.86. The lowest BCUT2D eigenvalue weighted by Crippen LogP contribution is -2.39. The maximum absolute atomic E-state index is 12.6. The van der Waals surface area contributed by atoms with Gasteiger partial charge in [0, 0.05) is 50.9 Å². The van der Waals surface area contributed by atoms with Gasteiger partial charge in [0.05, 0.1) is 6.54 Å². The highest BCUT2D eigenvalue weighted by Gasteiger charge is 2.22. The van der Waals surface area contributed by atoms with Crippen molar-refractivity contribution >= 4 is 23.4 Å². The van der Waals surface area contributed by atoms with Crippen molar-refractivity contribution in [2.75, 3.05) is 46.8 Å². The van der Waals surface area contributed by atoms with Gasteiger partial charge in [-0.25, -0.2) is 0 Å². The van der Waals surface area contributed by atoms with Gasteiger partial charge < -0.3 is 9.80 Å². The maximum atomic E-state index is 12.6. The van der Waals surface area contributed by atoms with Gasteiger partial charge in [0.25, 0.3) is 5.91 Å². The molecule has 1 aliphatic rings. The molecule has 0 unspecified atom stereocenters. The van der Waals surface area contributed by atoms with Crippen molar-refractivity contribution in [1.82, 2.24) is 14.7 Å². The Labute approximate surface area is 142 Å². The van der Waals surface area contributed by atoms with Crippen LogP contribution in [0.3, 0.4) is 0 Å². The van der Waals surface area contributed by atoms with Crippen molar-refractivity contribution < 1.29 is 9.59 Å². The molecule has 1 fully saturated rings. The number of carbonyl (C=O) groups excluding carboxylic acids is 2. The second-order valence-corrected chi connectivity index (χ2v) is 6.58. The van der Waals surface area contributed by atoms with Crippen LogP contribution < -0.4 is 0 Å². The Morgan fingerprint density at radius 2 is 1.91 bits per heavy atom. The van der Waals surface area contributed by atoms with E-state index in [1.165, 1.54) is 0 Å². The van der Waals surface area contributed by atoms with Gasteiger partial charge in [-0.3, -0.25) is 14.5 Å². The van der Waals surface area contributed by atoms with Gasteiger partial charge in [0.1, 0.15) is 0 Å². The van der Waals surface area contributed by atoms with E-state index in [-0.39, 0.29) is 11.8 Å². The van der Waals surface area contributed by atoms with Gasteiger partial charge in [-0.2, -0.15) is 0 Å². The van der Waals surface area contributed by atoms with Gasteiger partial charge in [-0.05, 0) is 31.0 Å². The Bertz CT molecular complexity index is 589. The Hall–Kier alpha value is -1.59. The predicted octanol–water partition coefficient (Wildman–Crippen LogP) is 1.88. The molecule has 0 aromatic heterocycles. The molecule has 1 aliphatic heterocycles. The molecule has 1 aromatic carbocycles. The zero-order chi connectivity index (χ0) is 17.0. The molecule has 0 radical (unpaired) electrons. The molecule has 6 heteroatoms. The second-order valence-electron chi connectivity index (χ2n) is 6.17. The van der Waals surface area contributed by atoms with Crippen LogP contribution in [0.4, 0.5) is 0 Å². The molecular formula is C17H24ClN3O2.